The summed E-state index contributed by atoms with van der Waals surface area (Å²) in [5.41, 5.74) is 0.714. The standard InChI is InChI=1S/C12H8FN5O3.C9H6FN5/c1-21-12(20)10(19)6-4-14-9-8(6)7(13)5-15-11(9)18-3-2-16-17-18;10-7-5-12-9(15-4-3-13-14-15)8-6(7)1-2-11-8/h2-5,14H,1H3;1-5,11H. The van der Waals surface area contributed by atoms with E-state index in [2.05, 4.69) is 45.3 Å². The largest absolute Gasteiger partial charge is 0.463 e. The minimum atomic E-state index is -1.07. The molecule has 6 rings (SSSR count). The Morgan fingerprint density at radius 2 is 1.56 bits per heavy atom. The number of methoxy groups -OCH3 is 1. The average molecular weight is 492 g/mol. The van der Waals surface area contributed by atoms with Gasteiger partial charge in [-0.3, -0.25) is 4.79 Å². The topological polar surface area (TPSA) is 162 Å². The van der Waals surface area contributed by atoms with Gasteiger partial charge in [0, 0.05) is 17.8 Å². The van der Waals surface area contributed by atoms with Gasteiger partial charge >= 0.3 is 5.97 Å². The molecule has 6 aromatic heterocycles. The first-order valence-electron chi connectivity index (χ1n) is 10.1. The van der Waals surface area contributed by atoms with Crippen molar-refractivity contribution in [2.45, 2.75) is 0 Å². The molecular formula is C21H14F2N10O3. The Labute approximate surface area is 198 Å². The van der Waals surface area contributed by atoms with E-state index in [0.29, 0.717) is 16.7 Å². The molecule has 0 bridgehead atoms. The average Bonchev–Trinajstić information content (AvgIpc) is 3.70. The molecule has 0 aromatic carbocycles. The predicted molar refractivity (Wildman–Crippen MR) is 118 cm³/mol. The number of fused-ring (bicyclic) bond motifs is 2. The molecule has 0 saturated carbocycles. The van der Waals surface area contributed by atoms with Crippen molar-refractivity contribution < 1.29 is 23.1 Å². The summed E-state index contributed by atoms with van der Waals surface area (Å²) in [7, 11) is 1.08. The van der Waals surface area contributed by atoms with Gasteiger partial charge in [-0.1, -0.05) is 10.4 Å². The number of H-pyrrole nitrogens is 2. The van der Waals surface area contributed by atoms with Gasteiger partial charge in [-0.05, 0) is 6.07 Å². The molecule has 0 atom stereocenters. The number of aromatic amines is 2. The molecule has 0 spiro atoms. The minimum Gasteiger partial charge on any atom is -0.463 e. The van der Waals surface area contributed by atoms with E-state index in [9.17, 15) is 18.4 Å². The molecule has 0 radical (unpaired) electrons. The highest BCUT2D eigenvalue weighted by Crippen LogP contribution is 2.26. The summed E-state index contributed by atoms with van der Waals surface area (Å²) in [5, 5.41) is 15.3. The van der Waals surface area contributed by atoms with Gasteiger partial charge in [-0.2, -0.15) is 0 Å². The first-order valence-corrected chi connectivity index (χ1v) is 10.1. The molecule has 0 aliphatic heterocycles. The molecule has 0 saturated heterocycles. The summed E-state index contributed by atoms with van der Waals surface area (Å²) in [6.07, 6.45) is 11.2. The number of carbonyl (C=O) groups excluding carboxylic acids is 2. The summed E-state index contributed by atoms with van der Waals surface area (Å²) in [5.74, 6) is -2.31. The first kappa shape index (κ1) is 22.5. The van der Waals surface area contributed by atoms with Gasteiger partial charge in [0.15, 0.2) is 23.3 Å². The van der Waals surface area contributed by atoms with Gasteiger partial charge in [-0.15, -0.1) is 10.2 Å². The number of esters is 1. The smallest absolute Gasteiger partial charge is 0.379 e. The van der Waals surface area contributed by atoms with E-state index < -0.39 is 17.6 Å². The van der Waals surface area contributed by atoms with Crippen LogP contribution in [0, 0.1) is 11.6 Å². The van der Waals surface area contributed by atoms with Crippen molar-refractivity contribution in [3.05, 3.63) is 72.8 Å². The van der Waals surface area contributed by atoms with Crippen LogP contribution in [0.15, 0.2) is 55.6 Å². The van der Waals surface area contributed by atoms with Crippen molar-refractivity contribution in [3.8, 4) is 11.6 Å². The van der Waals surface area contributed by atoms with Crippen molar-refractivity contribution in [3.63, 3.8) is 0 Å². The van der Waals surface area contributed by atoms with Crippen LogP contribution in [0.1, 0.15) is 10.4 Å². The van der Waals surface area contributed by atoms with Crippen LogP contribution in [0.4, 0.5) is 8.78 Å². The van der Waals surface area contributed by atoms with Gasteiger partial charge in [0.2, 0.25) is 0 Å². The van der Waals surface area contributed by atoms with E-state index in [4.69, 9.17) is 0 Å². The lowest BCUT2D eigenvalue weighted by molar-refractivity contribution is -0.135. The number of Topliss-reactive ketones (excluding diaryl/α,β-unsaturated/α-hetero) is 1. The van der Waals surface area contributed by atoms with Crippen LogP contribution in [0.2, 0.25) is 0 Å². The molecule has 0 aliphatic carbocycles. The Morgan fingerprint density at radius 1 is 0.917 bits per heavy atom. The third kappa shape index (κ3) is 3.83. The number of hydrogen-bond donors (Lipinski definition) is 2. The molecule has 6 aromatic rings. The third-order valence-corrected chi connectivity index (χ3v) is 5.07. The number of carbonyl (C=O) groups is 2. The maximum Gasteiger partial charge on any atom is 0.379 e. The van der Waals surface area contributed by atoms with E-state index in [0.717, 1.165) is 13.3 Å². The highest BCUT2D eigenvalue weighted by Gasteiger charge is 2.24. The van der Waals surface area contributed by atoms with Crippen molar-refractivity contribution >= 4 is 33.6 Å². The second-order valence-electron chi connectivity index (χ2n) is 7.09. The highest BCUT2D eigenvalue weighted by atomic mass is 19.1. The fraction of sp³-hybridized carbons (Fsp3) is 0.0476. The number of nitrogens with zero attached hydrogens (tertiary/aromatic N) is 8. The van der Waals surface area contributed by atoms with Crippen LogP contribution in [0.5, 0.6) is 0 Å². The first-order chi connectivity index (χ1) is 17.5. The predicted octanol–water partition coefficient (Wildman–Crippen LogP) is 1.92. The van der Waals surface area contributed by atoms with Gasteiger partial charge in [0.1, 0.15) is 0 Å². The van der Waals surface area contributed by atoms with E-state index in [1.165, 1.54) is 34.2 Å². The zero-order valence-corrected chi connectivity index (χ0v) is 18.3. The monoisotopic (exact) mass is 492 g/mol. The van der Waals surface area contributed by atoms with E-state index in [1.54, 1.807) is 24.7 Å². The van der Waals surface area contributed by atoms with E-state index in [-0.39, 0.29) is 28.1 Å². The quantitative estimate of drug-likeness (QED) is 0.213. The number of ketones is 1. The third-order valence-electron chi connectivity index (χ3n) is 5.07. The highest BCUT2D eigenvalue weighted by molar-refractivity contribution is 6.43. The summed E-state index contributed by atoms with van der Waals surface area (Å²) >= 11 is 0. The number of ether oxygens (including phenoxy) is 1. The molecule has 0 amide bonds. The Kier molecular flexibility index (Phi) is 5.69. The van der Waals surface area contributed by atoms with E-state index in [1.807, 2.05) is 0 Å². The van der Waals surface area contributed by atoms with Crippen LogP contribution in [0.3, 0.4) is 0 Å². The Balaban J connectivity index is 0.000000156. The van der Waals surface area contributed by atoms with Gasteiger partial charge < -0.3 is 14.7 Å². The minimum absolute atomic E-state index is 0.0501. The number of pyridine rings is 2. The fourth-order valence-electron chi connectivity index (χ4n) is 3.47. The number of nitrogens with one attached hydrogen (secondary N) is 2. The van der Waals surface area contributed by atoms with Gasteiger partial charge in [0.25, 0.3) is 5.78 Å². The van der Waals surface area contributed by atoms with Crippen LogP contribution >= 0.6 is 0 Å². The molecule has 180 valence electrons. The van der Waals surface area contributed by atoms with Crippen LogP contribution < -0.4 is 0 Å². The summed E-state index contributed by atoms with van der Waals surface area (Å²) in [6, 6.07) is 1.66. The molecule has 13 nitrogen and oxygen atoms in total. The SMILES string of the molecule is COC(=O)C(=O)c1c[nH]c2c(-n3ccnn3)ncc(F)c12.Fc1cnc(-n2ccnn2)c2[nH]ccc12. The molecule has 15 heteroatoms. The van der Waals surface area contributed by atoms with Crippen molar-refractivity contribution in [2.24, 2.45) is 0 Å². The molecule has 2 N–H and O–H groups in total. The lowest BCUT2D eigenvalue weighted by Gasteiger charge is -2.03. The Morgan fingerprint density at radius 3 is 2.17 bits per heavy atom. The summed E-state index contributed by atoms with van der Waals surface area (Å²) < 4.78 is 34.5. The second kappa shape index (κ2) is 9.13. The molecule has 0 aliphatic rings. The number of aromatic nitrogens is 10. The summed E-state index contributed by atoms with van der Waals surface area (Å²) in [6.45, 7) is 0. The number of hydrogen-bond acceptors (Lipinski definition) is 9. The summed E-state index contributed by atoms with van der Waals surface area (Å²) in [4.78, 5) is 36.8. The Hall–Kier alpha value is -5.34. The van der Waals surface area contributed by atoms with Gasteiger partial charge in [-0.25, -0.2) is 32.9 Å². The molecule has 36 heavy (non-hydrogen) atoms. The normalized spacial score (nSPS) is 10.9. The van der Waals surface area contributed by atoms with E-state index >= 15 is 0 Å². The molecule has 0 fully saturated rings. The van der Waals surface area contributed by atoms with Crippen molar-refractivity contribution in [2.75, 3.05) is 7.11 Å². The van der Waals surface area contributed by atoms with Crippen LogP contribution in [0.25, 0.3) is 33.4 Å². The molecular weight excluding hydrogens is 478 g/mol. The van der Waals surface area contributed by atoms with Crippen LogP contribution in [-0.4, -0.2) is 68.8 Å². The molecule has 6 heterocycles. The maximum atomic E-state index is 14.0. The van der Waals surface area contributed by atoms with Crippen molar-refractivity contribution in [1.29, 1.82) is 0 Å². The second-order valence-corrected chi connectivity index (χ2v) is 7.09. The zero-order valence-electron chi connectivity index (χ0n) is 18.3. The lowest BCUT2D eigenvalue weighted by Crippen LogP contribution is -2.15. The number of rotatable bonds is 4. The number of halogens is 2. The lowest BCUT2D eigenvalue weighted by atomic mass is 10.1. The molecule has 0 unspecified atom stereocenters. The zero-order chi connectivity index (χ0) is 25.2. The Bertz CT molecular complexity index is 1690. The van der Waals surface area contributed by atoms with Crippen LogP contribution in [-0.2, 0) is 9.53 Å². The van der Waals surface area contributed by atoms with Gasteiger partial charge in [0.05, 0.1) is 66.3 Å². The van der Waals surface area contributed by atoms with Crippen molar-refractivity contribution in [1.82, 2.24) is 49.9 Å². The maximum absolute atomic E-state index is 14.0. The fourth-order valence-corrected chi connectivity index (χ4v) is 3.47.